The number of rotatable bonds is 18. The largest absolute Gasteiger partial charge is 0.497 e. The molecular formula is C39H50N6O6S2. The topological polar surface area (TPSA) is 145 Å². The molecule has 0 radical (unpaired) electrons. The predicted molar refractivity (Wildman–Crippen MR) is 206 cm³/mol. The number of aliphatic hydroxyl groups excluding tert-OH is 1. The number of aliphatic hydroxyl groups is 1. The monoisotopic (exact) mass is 762 g/mol. The van der Waals surface area contributed by atoms with Crippen LogP contribution in [0.4, 0.5) is 4.79 Å². The molecule has 4 aromatic rings. The molecule has 12 nitrogen and oxygen atoms in total. The second-order valence-corrected chi connectivity index (χ2v) is 16.7. The molecular weight excluding hydrogens is 713 g/mol. The molecule has 2 aromatic carbocycles. The first-order valence-corrected chi connectivity index (χ1v) is 20.3. The first kappa shape index (κ1) is 39.8. The molecule has 0 spiro atoms. The summed E-state index contributed by atoms with van der Waals surface area (Å²) >= 11 is 1.49. The molecule has 1 fully saturated rings. The van der Waals surface area contributed by atoms with Crippen molar-refractivity contribution in [1.82, 2.24) is 29.4 Å². The van der Waals surface area contributed by atoms with Gasteiger partial charge in [-0.3, -0.25) is 9.78 Å². The van der Waals surface area contributed by atoms with Gasteiger partial charge < -0.3 is 25.0 Å². The Morgan fingerprint density at radius 2 is 1.77 bits per heavy atom. The number of sulfonamides is 1. The minimum atomic E-state index is -4.01. The van der Waals surface area contributed by atoms with Crippen LogP contribution >= 0.6 is 11.3 Å². The van der Waals surface area contributed by atoms with Crippen molar-refractivity contribution in [3.8, 4) is 16.3 Å². The normalized spacial score (nSPS) is 15.8. The van der Waals surface area contributed by atoms with E-state index in [9.17, 15) is 23.1 Å². The molecule has 4 atom stereocenters. The maximum absolute atomic E-state index is 14.4. The van der Waals surface area contributed by atoms with Crippen molar-refractivity contribution in [3.05, 3.63) is 95.8 Å². The van der Waals surface area contributed by atoms with Crippen LogP contribution in [0.25, 0.3) is 10.6 Å². The molecule has 0 bridgehead atoms. The van der Waals surface area contributed by atoms with Gasteiger partial charge in [0.15, 0.2) is 0 Å². The van der Waals surface area contributed by atoms with E-state index in [0.29, 0.717) is 31.8 Å². The number of pyridine rings is 1. The summed E-state index contributed by atoms with van der Waals surface area (Å²) in [5.74, 6) is -0.102. The summed E-state index contributed by atoms with van der Waals surface area (Å²) in [7, 11) is -2.50. The zero-order chi connectivity index (χ0) is 38.1. The highest BCUT2D eigenvalue weighted by molar-refractivity contribution is 7.89. The Hall–Kier alpha value is -4.37. The molecule has 284 valence electrons. The first-order chi connectivity index (χ1) is 25.4. The number of hydrogen-bond acceptors (Lipinski definition) is 9. The fourth-order valence-electron chi connectivity index (χ4n) is 6.46. The number of nitrogens with zero attached hydrogens (tertiary/aromatic N) is 5. The Bertz CT molecular complexity index is 1890. The van der Waals surface area contributed by atoms with Crippen LogP contribution in [0.1, 0.15) is 45.4 Å². The second-order valence-electron chi connectivity index (χ2n) is 13.9. The Morgan fingerprint density at radius 3 is 2.42 bits per heavy atom. The zero-order valence-electron chi connectivity index (χ0n) is 31.0. The van der Waals surface area contributed by atoms with Crippen molar-refractivity contribution in [2.45, 2.75) is 70.2 Å². The summed E-state index contributed by atoms with van der Waals surface area (Å²) in [6.45, 7) is 8.75. The van der Waals surface area contributed by atoms with E-state index in [0.717, 1.165) is 21.8 Å². The smallest absolute Gasteiger partial charge is 0.321 e. The minimum absolute atomic E-state index is 0.0393. The summed E-state index contributed by atoms with van der Waals surface area (Å²) < 4.78 is 34.3. The number of aromatic nitrogens is 2. The predicted octanol–water partition coefficient (Wildman–Crippen LogP) is 5.30. The van der Waals surface area contributed by atoms with Crippen LogP contribution in [-0.2, 0) is 27.8 Å². The summed E-state index contributed by atoms with van der Waals surface area (Å²) in [4.78, 5) is 40.6. The minimum Gasteiger partial charge on any atom is -0.497 e. The number of ether oxygens (including phenoxy) is 1. The molecule has 1 aliphatic heterocycles. The molecule has 2 N–H and O–H groups in total. The summed E-state index contributed by atoms with van der Waals surface area (Å²) in [5, 5.41) is 17.7. The number of amides is 3. The van der Waals surface area contributed by atoms with Crippen LogP contribution < -0.4 is 10.1 Å². The van der Waals surface area contributed by atoms with E-state index >= 15 is 0 Å². The number of methoxy groups -OCH3 is 1. The lowest BCUT2D eigenvalue weighted by Crippen LogP contribution is -2.57. The van der Waals surface area contributed by atoms with E-state index in [1.807, 2.05) is 75.5 Å². The van der Waals surface area contributed by atoms with Gasteiger partial charge in [-0.2, -0.15) is 4.31 Å². The number of hydrogen-bond donors (Lipinski definition) is 2. The highest BCUT2D eigenvalue weighted by Crippen LogP contribution is 2.27. The number of carbonyl (C=O) groups is 2. The van der Waals surface area contributed by atoms with Crippen molar-refractivity contribution in [1.29, 1.82) is 0 Å². The molecule has 14 heteroatoms. The van der Waals surface area contributed by atoms with E-state index in [1.54, 1.807) is 34.3 Å². The van der Waals surface area contributed by atoms with Crippen LogP contribution in [0, 0.1) is 11.8 Å². The van der Waals surface area contributed by atoms with Crippen LogP contribution in [0.2, 0.25) is 0 Å². The third kappa shape index (κ3) is 9.99. The third-order valence-electron chi connectivity index (χ3n) is 9.47. The van der Waals surface area contributed by atoms with Crippen molar-refractivity contribution < 1.29 is 27.9 Å². The van der Waals surface area contributed by atoms with Crippen molar-refractivity contribution in [2.24, 2.45) is 11.8 Å². The fraction of sp³-hybridized carbons (Fsp3) is 0.436. The number of carbonyl (C=O) groups excluding carboxylic acids is 2. The van der Waals surface area contributed by atoms with Gasteiger partial charge in [-0.1, -0.05) is 64.4 Å². The van der Waals surface area contributed by atoms with E-state index in [1.165, 1.54) is 34.9 Å². The Morgan fingerprint density at radius 1 is 1.04 bits per heavy atom. The molecule has 1 aliphatic rings. The lowest BCUT2D eigenvalue weighted by Gasteiger charge is -2.35. The van der Waals surface area contributed by atoms with E-state index in [-0.39, 0.29) is 42.3 Å². The number of thiazole rings is 1. The second kappa shape index (κ2) is 18.1. The Labute approximate surface area is 316 Å². The molecule has 2 aromatic heterocycles. The lowest BCUT2D eigenvalue weighted by molar-refractivity contribution is -0.128. The number of benzene rings is 2. The van der Waals surface area contributed by atoms with Gasteiger partial charge in [0.2, 0.25) is 15.9 Å². The lowest BCUT2D eigenvalue weighted by atomic mass is 9.95. The maximum atomic E-state index is 14.4. The molecule has 53 heavy (non-hydrogen) atoms. The highest BCUT2D eigenvalue weighted by atomic mass is 32.2. The van der Waals surface area contributed by atoms with Gasteiger partial charge in [0.05, 0.1) is 36.4 Å². The van der Waals surface area contributed by atoms with E-state index < -0.39 is 34.1 Å². The van der Waals surface area contributed by atoms with E-state index in [4.69, 9.17) is 9.72 Å². The Kier molecular flexibility index (Phi) is 13.6. The summed E-state index contributed by atoms with van der Waals surface area (Å²) in [6.07, 6.45) is 3.08. The molecule has 2 unspecified atom stereocenters. The molecule has 5 rings (SSSR count). The van der Waals surface area contributed by atoms with Gasteiger partial charge in [-0.15, -0.1) is 11.3 Å². The van der Waals surface area contributed by atoms with Crippen molar-refractivity contribution >= 4 is 33.3 Å². The average molecular weight is 763 g/mol. The van der Waals surface area contributed by atoms with Crippen LogP contribution in [-0.4, -0.2) is 101 Å². The third-order valence-corrected chi connectivity index (χ3v) is 12.3. The first-order valence-electron chi connectivity index (χ1n) is 18.0. The number of urea groups is 1. The zero-order valence-corrected chi connectivity index (χ0v) is 32.6. The van der Waals surface area contributed by atoms with Gasteiger partial charge in [-0.05, 0) is 60.2 Å². The Balaban J connectivity index is 1.35. The summed E-state index contributed by atoms with van der Waals surface area (Å²) in [5.41, 5.74) is 2.53. The average Bonchev–Trinajstić information content (AvgIpc) is 3.78. The SMILES string of the molecule is CCC(C)C(C(=O)N[C@@H](Cc1ccccc1)[C@H](O)CN(CC(C)C)S(=O)(=O)c1ccc(OC)cc1)N1CCN(Cc2csc(-c3cccnc3)n2)C1=O. The van der Waals surface area contributed by atoms with Crippen LogP contribution in [0.5, 0.6) is 5.75 Å². The van der Waals surface area contributed by atoms with Gasteiger partial charge >= 0.3 is 6.03 Å². The molecule has 0 saturated carbocycles. The quantitative estimate of drug-likeness (QED) is 0.139. The fourth-order valence-corrected chi connectivity index (χ4v) is 8.89. The maximum Gasteiger partial charge on any atom is 0.321 e. The highest BCUT2D eigenvalue weighted by Gasteiger charge is 2.41. The van der Waals surface area contributed by atoms with Gasteiger partial charge in [0, 0.05) is 49.5 Å². The molecule has 3 heterocycles. The van der Waals surface area contributed by atoms with Gasteiger partial charge in [0.25, 0.3) is 0 Å². The standard InChI is InChI=1S/C39H50N6O6S2/c1-6-28(4)36(45-20-19-43(39(45)48)24-31-26-52-38(41-31)30-13-10-18-40-22-30)37(47)42-34(21-29-11-8-7-9-12-29)35(46)25-44(23-27(2)3)53(49,50)33-16-14-32(51-5)15-17-33/h7-18,22,26-28,34-36,46H,6,19-21,23-25H2,1-5H3,(H,42,47)/t28?,34-,35+,36?/m0/s1. The number of nitrogens with one attached hydrogen (secondary N) is 1. The van der Waals surface area contributed by atoms with Crippen LogP contribution in [0.15, 0.2) is 89.4 Å². The van der Waals surface area contributed by atoms with E-state index in [2.05, 4.69) is 10.3 Å². The van der Waals surface area contributed by atoms with Gasteiger partial charge in [0.1, 0.15) is 16.8 Å². The van der Waals surface area contributed by atoms with Crippen LogP contribution in [0.3, 0.4) is 0 Å². The molecule has 0 aliphatic carbocycles. The van der Waals surface area contributed by atoms with Crippen molar-refractivity contribution in [2.75, 3.05) is 33.3 Å². The molecule has 3 amide bonds. The van der Waals surface area contributed by atoms with Crippen molar-refractivity contribution in [3.63, 3.8) is 0 Å². The molecule has 1 saturated heterocycles. The van der Waals surface area contributed by atoms with Gasteiger partial charge in [-0.25, -0.2) is 18.2 Å². The summed E-state index contributed by atoms with van der Waals surface area (Å²) in [6, 6.07) is 17.5.